The molecular formula is C13H22N2O. The van der Waals surface area contributed by atoms with Crippen LogP contribution in [0.2, 0.25) is 0 Å². The van der Waals surface area contributed by atoms with Gasteiger partial charge in [0.15, 0.2) is 0 Å². The number of rotatable bonds is 5. The van der Waals surface area contributed by atoms with Gasteiger partial charge in [0, 0.05) is 18.5 Å². The van der Waals surface area contributed by atoms with Crippen LogP contribution in [0.15, 0.2) is 18.3 Å². The van der Waals surface area contributed by atoms with Crippen molar-refractivity contribution in [3.63, 3.8) is 0 Å². The first-order valence-electron chi connectivity index (χ1n) is 6.32. The van der Waals surface area contributed by atoms with Crippen LogP contribution in [0.4, 0.5) is 0 Å². The van der Waals surface area contributed by atoms with Crippen LogP contribution in [0.1, 0.15) is 38.0 Å². The van der Waals surface area contributed by atoms with Gasteiger partial charge in [-0.3, -0.25) is 0 Å². The normalized spacial score (nSPS) is 23.2. The second-order valence-electron chi connectivity index (χ2n) is 4.64. The molecule has 1 saturated heterocycles. The van der Waals surface area contributed by atoms with Gasteiger partial charge in [0.1, 0.15) is 0 Å². The van der Waals surface area contributed by atoms with Crippen molar-refractivity contribution in [2.75, 3.05) is 19.7 Å². The van der Waals surface area contributed by atoms with Crippen LogP contribution in [0.5, 0.6) is 0 Å². The van der Waals surface area contributed by atoms with Crippen LogP contribution in [-0.2, 0) is 4.74 Å². The predicted octanol–water partition coefficient (Wildman–Crippen LogP) is 2.48. The van der Waals surface area contributed by atoms with Crippen molar-refractivity contribution >= 4 is 0 Å². The molecule has 1 aliphatic rings. The monoisotopic (exact) mass is 222 g/mol. The third kappa shape index (κ3) is 3.35. The summed E-state index contributed by atoms with van der Waals surface area (Å²) in [5.41, 5.74) is 1.17. The smallest absolute Gasteiger partial charge is 0.0944 e. The van der Waals surface area contributed by atoms with Gasteiger partial charge in [-0.15, -0.1) is 0 Å². The van der Waals surface area contributed by atoms with E-state index in [9.17, 15) is 0 Å². The molecule has 0 saturated carbocycles. The zero-order valence-corrected chi connectivity index (χ0v) is 10.0. The summed E-state index contributed by atoms with van der Waals surface area (Å²) in [5, 5.41) is 3.44. The lowest BCUT2D eigenvalue weighted by molar-refractivity contribution is 0.0516. The van der Waals surface area contributed by atoms with E-state index in [1.165, 1.54) is 38.0 Å². The largest absolute Gasteiger partial charge is 0.372 e. The molecule has 2 rings (SSSR count). The summed E-state index contributed by atoms with van der Waals surface area (Å²) < 4.78 is 5.83. The fourth-order valence-corrected chi connectivity index (χ4v) is 2.27. The highest BCUT2D eigenvalue weighted by molar-refractivity contribution is 5.06. The number of ether oxygens (including phenoxy) is 1. The quantitative estimate of drug-likeness (QED) is 0.803. The SMILES string of the molecule is C[C@@H](OCC[C@H]1CCCNC1)c1ccc[nH]1. The Balaban J connectivity index is 1.63. The average molecular weight is 222 g/mol. The molecule has 90 valence electrons. The number of H-pyrrole nitrogens is 1. The third-order valence-corrected chi connectivity index (χ3v) is 3.35. The number of hydrogen-bond acceptors (Lipinski definition) is 2. The molecule has 0 spiro atoms. The number of nitrogens with one attached hydrogen (secondary N) is 2. The van der Waals surface area contributed by atoms with Crippen LogP contribution in [0.25, 0.3) is 0 Å². The minimum atomic E-state index is 0.187. The van der Waals surface area contributed by atoms with E-state index >= 15 is 0 Å². The summed E-state index contributed by atoms with van der Waals surface area (Å²) in [6.07, 6.45) is 5.98. The average Bonchev–Trinajstić information content (AvgIpc) is 2.84. The Bertz CT molecular complexity index is 278. The molecule has 1 aromatic heterocycles. The van der Waals surface area contributed by atoms with Crippen molar-refractivity contribution in [1.82, 2.24) is 10.3 Å². The van der Waals surface area contributed by atoms with E-state index in [2.05, 4.69) is 23.3 Å². The highest BCUT2D eigenvalue weighted by atomic mass is 16.5. The Labute approximate surface area is 97.6 Å². The van der Waals surface area contributed by atoms with Crippen molar-refractivity contribution in [1.29, 1.82) is 0 Å². The first-order valence-corrected chi connectivity index (χ1v) is 6.32. The molecule has 0 unspecified atom stereocenters. The van der Waals surface area contributed by atoms with Gasteiger partial charge in [-0.1, -0.05) is 0 Å². The molecule has 0 bridgehead atoms. The van der Waals surface area contributed by atoms with E-state index in [1.54, 1.807) is 0 Å². The Morgan fingerprint density at radius 1 is 1.56 bits per heavy atom. The van der Waals surface area contributed by atoms with E-state index in [4.69, 9.17) is 4.74 Å². The first-order chi connectivity index (χ1) is 7.86. The number of aromatic nitrogens is 1. The van der Waals surface area contributed by atoms with Gasteiger partial charge >= 0.3 is 0 Å². The van der Waals surface area contributed by atoms with Crippen LogP contribution in [0, 0.1) is 5.92 Å². The number of hydrogen-bond donors (Lipinski definition) is 2. The fourth-order valence-electron chi connectivity index (χ4n) is 2.27. The third-order valence-electron chi connectivity index (χ3n) is 3.35. The van der Waals surface area contributed by atoms with Crippen molar-refractivity contribution < 1.29 is 4.74 Å². The molecule has 0 amide bonds. The summed E-state index contributed by atoms with van der Waals surface area (Å²) in [6, 6.07) is 4.09. The van der Waals surface area contributed by atoms with Gasteiger partial charge in [-0.05, 0) is 57.3 Å². The molecule has 3 heteroatoms. The molecule has 1 aliphatic heterocycles. The molecule has 0 radical (unpaired) electrons. The second kappa shape index (κ2) is 6.06. The molecule has 0 aliphatic carbocycles. The van der Waals surface area contributed by atoms with E-state index < -0.39 is 0 Å². The topological polar surface area (TPSA) is 37.0 Å². The van der Waals surface area contributed by atoms with Gasteiger partial charge in [0.2, 0.25) is 0 Å². The van der Waals surface area contributed by atoms with Gasteiger partial charge in [0.05, 0.1) is 6.10 Å². The van der Waals surface area contributed by atoms with Gasteiger partial charge in [-0.2, -0.15) is 0 Å². The Kier molecular flexibility index (Phi) is 4.43. The van der Waals surface area contributed by atoms with E-state index in [0.717, 1.165) is 12.5 Å². The van der Waals surface area contributed by atoms with Crippen molar-refractivity contribution in [2.45, 2.75) is 32.3 Å². The molecule has 3 nitrogen and oxygen atoms in total. The minimum Gasteiger partial charge on any atom is -0.372 e. The van der Waals surface area contributed by atoms with Gasteiger partial charge in [-0.25, -0.2) is 0 Å². The lowest BCUT2D eigenvalue weighted by Gasteiger charge is -2.23. The van der Waals surface area contributed by atoms with Crippen LogP contribution in [0.3, 0.4) is 0 Å². The Hall–Kier alpha value is -0.800. The molecule has 2 atom stereocenters. The maximum Gasteiger partial charge on any atom is 0.0944 e. The van der Waals surface area contributed by atoms with Gasteiger partial charge < -0.3 is 15.0 Å². The molecule has 2 heterocycles. The zero-order valence-electron chi connectivity index (χ0n) is 10.0. The van der Waals surface area contributed by atoms with E-state index in [-0.39, 0.29) is 6.10 Å². The second-order valence-corrected chi connectivity index (χ2v) is 4.64. The van der Waals surface area contributed by atoms with Crippen LogP contribution in [-0.4, -0.2) is 24.7 Å². The lowest BCUT2D eigenvalue weighted by Crippen LogP contribution is -2.30. The molecule has 16 heavy (non-hydrogen) atoms. The lowest BCUT2D eigenvalue weighted by atomic mass is 9.97. The predicted molar refractivity (Wildman–Crippen MR) is 65.4 cm³/mol. The summed E-state index contributed by atoms with van der Waals surface area (Å²) in [7, 11) is 0. The summed E-state index contributed by atoms with van der Waals surface area (Å²) in [4.78, 5) is 3.19. The summed E-state index contributed by atoms with van der Waals surface area (Å²) >= 11 is 0. The molecule has 1 fully saturated rings. The minimum absolute atomic E-state index is 0.187. The Morgan fingerprint density at radius 3 is 3.19 bits per heavy atom. The summed E-state index contributed by atoms with van der Waals surface area (Å²) in [6.45, 7) is 5.33. The standard InChI is InChI=1S/C13H22N2O/c1-11(13-5-3-8-15-13)16-9-6-12-4-2-7-14-10-12/h3,5,8,11-12,14-15H,2,4,6-7,9-10H2,1H3/t11-,12-/m1/s1. The molecule has 2 N–H and O–H groups in total. The fraction of sp³-hybridized carbons (Fsp3) is 0.692. The number of aromatic amines is 1. The van der Waals surface area contributed by atoms with Crippen molar-refractivity contribution in [2.24, 2.45) is 5.92 Å². The highest BCUT2D eigenvalue weighted by Gasteiger charge is 2.13. The Morgan fingerprint density at radius 2 is 2.50 bits per heavy atom. The zero-order chi connectivity index (χ0) is 11.2. The number of piperidine rings is 1. The first kappa shape index (κ1) is 11.7. The van der Waals surface area contributed by atoms with E-state index in [0.29, 0.717) is 0 Å². The van der Waals surface area contributed by atoms with Crippen molar-refractivity contribution in [3.8, 4) is 0 Å². The maximum absolute atomic E-state index is 5.83. The highest BCUT2D eigenvalue weighted by Crippen LogP contribution is 2.18. The maximum atomic E-state index is 5.83. The summed E-state index contributed by atoms with van der Waals surface area (Å²) in [5.74, 6) is 0.810. The molecule has 1 aromatic rings. The molecular weight excluding hydrogens is 200 g/mol. The molecule has 0 aromatic carbocycles. The van der Waals surface area contributed by atoms with Crippen LogP contribution >= 0.6 is 0 Å². The van der Waals surface area contributed by atoms with E-state index in [1.807, 2.05) is 12.3 Å². The van der Waals surface area contributed by atoms with Crippen molar-refractivity contribution in [3.05, 3.63) is 24.0 Å². The van der Waals surface area contributed by atoms with Crippen LogP contribution < -0.4 is 5.32 Å². The van der Waals surface area contributed by atoms with Gasteiger partial charge in [0.25, 0.3) is 0 Å².